The van der Waals surface area contributed by atoms with Crippen molar-refractivity contribution in [2.45, 2.75) is 52.9 Å². The van der Waals surface area contributed by atoms with Crippen molar-refractivity contribution < 1.29 is 9.90 Å². The Hall–Kier alpha value is -2.55. The molecule has 0 radical (unpaired) electrons. The first kappa shape index (κ1) is 19.2. The van der Waals surface area contributed by atoms with Crippen molar-refractivity contribution >= 4 is 22.9 Å². The number of hydrogen-bond donors (Lipinski definition) is 1. The maximum absolute atomic E-state index is 11.1. The van der Waals surface area contributed by atoms with Gasteiger partial charge in [-0.05, 0) is 90.8 Å². The fourth-order valence-corrected chi connectivity index (χ4v) is 4.02. The lowest BCUT2D eigenvalue weighted by Crippen LogP contribution is -2.24. The van der Waals surface area contributed by atoms with Crippen molar-refractivity contribution in [3.63, 3.8) is 0 Å². The van der Waals surface area contributed by atoms with Crippen LogP contribution in [-0.2, 0) is 5.41 Å². The molecule has 2 aromatic rings. The first-order chi connectivity index (χ1) is 12.8. The Morgan fingerprint density at radius 3 is 2.37 bits per heavy atom. The molecule has 3 nitrogen and oxygen atoms in total. The van der Waals surface area contributed by atoms with Crippen molar-refractivity contribution in [3.8, 4) is 0 Å². The maximum atomic E-state index is 11.1. The van der Waals surface area contributed by atoms with Gasteiger partial charge in [0.25, 0.3) is 0 Å². The summed E-state index contributed by atoms with van der Waals surface area (Å²) in [7, 11) is 0. The Labute approximate surface area is 162 Å². The third-order valence-electron chi connectivity index (χ3n) is 5.68. The fraction of sp³-hybridized carbons (Fsp3) is 0.375. The molecule has 3 heteroatoms. The number of rotatable bonds is 5. The van der Waals surface area contributed by atoms with Crippen molar-refractivity contribution in [2.75, 3.05) is 11.4 Å². The number of allylic oxidation sites excluding steroid dienone is 2. The lowest BCUT2D eigenvalue weighted by atomic mass is 9.72. The van der Waals surface area contributed by atoms with Crippen LogP contribution in [0.2, 0.25) is 0 Å². The van der Waals surface area contributed by atoms with Crippen LogP contribution in [0.3, 0.4) is 0 Å². The molecule has 3 rings (SSSR count). The van der Waals surface area contributed by atoms with E-state index in [1.165, 1.54) is 28.0 Å². The van der Waals surface area contributed by atoms with Gasteiger partial charge >= 0.3 is 5.97 Å². The van der Waals surface area contributed by atoms with Crippen LogP contribution in [0.25, 0.3) is 5.57 Å². The summed E-state index contributed by atoms with van der Waals surface area (Å²) in [6.07, 6.45) is 4.50. The molecular weight excluding hydrogens is 334 g/mol. The summed E-state index contributed by atoms with van der Waals surface area (Å²) < 4.78 is 0. The molecule has 1 aliphatic rings. The van der Waals surface area contributed by atoms with Crippen LogP contribution < -0.4 is 4.90 Å². The Balaban J connectivity index is 2.10. The average molecular weight is 364 g/mol. The van der Waals surface area contributed by atoms with Crippen molar-refractivity contribution in [1.82, 2.24) is 0 Å². The van der Waals surface area contributed by atoms with Crippen molar-refractivity contribution in [1.29, 1.82) is 0 Å². The molecule has 142 valence electrons. The summed E-state index contributed by atoms with van der Waals surface area (Å²) in [6.45, 7) is 12.0. The lowest BCUT2D eigenvalue weighted by molar-refractivity contribution is 0.0697. The topological polar surface area (TPSA) is 40.5 Å². The summed E-state index contributed by atoms with van der Waals surface area (Å²) >= 11 is 0. The number of carboxylic acids is 1. The summed E-state index contributed by atoms with van der Waals surface area (Å²) in [6, 6.07) is 11.8. The smallest absolute Gasteiger partial charge is 0.335 e. The van der Waals surface area contributed by atoms with Gasteiger partial charge in [0.15, 0.2) is 0 Å². The molecule has 0 saturated heterocycles. The predicted octanol–water partition coefficient (Wildman–Crippen LogP) is 6.33. The first-order valence-electron chi connectivity index (χ1n) is 9.74. The highest BCUT2D eigenvalue weighted by atomic mass is 16.4. The monoisotopic (exact) mass is 363 g/mol. The zero-order valence-corrected chi connectivity index (χ0v) is 17.0. The van der Waals surface area contributed by atoms with Gasteiger partial charge in [-0.3, -0.25) is 0 Å². The van der Waals surface area contributed by atoms with E-state index < -0.39 is 5.97 Å². The van der Waals surface area contributed by atoms with Crippen LogP contribution in [0.1, 0.15) is 67.6 Å². The van der Waals surface area contributed by atoms with Crippen molar-refractivity contribution in [3.05, 3.63) is 64.7 Å². The van der Waals surface area contributed by atoms with E-state index in [1.54, 1.807) is 12.1 Å². The van der Waals surface area contributed by atoms with Crippen LogP contribution >= 0.6 is 0 Å². The third kappa shape index (κ3) is 3.51. The number of aryl methyl sites for hydroxylation is 1. The van der Waals surface area contributed by atoms with E-state index in [0.29, 0.717) is 5.56 Å². The van der Waals surface area contributed by atoms with Crippen molar-refractivity contribution in [2.24, 2.45) is 0 Å². The minimum absolute atomic E-state index is 0.114. The van der Waals surface area contributed by atoms with Gasteiger partial charge in [0.05, 0.1) is 5.56 Å². The van der Waals surface area contributed by atoms with E-state index in [0.717, 1.165) is 25.1 Å². The standard InChI is InChI=1S/C24H29NO2/c1-6-17-12-13-24(4,5)21-15-22(16(3)14-20(17)21)25(7-2)19-10-8-18(9-11-19)23(26)27/h8-12,14-15H,6-7,13H2,1-5H3,(H,26,27). The highest BCUT2D eigenvalue weighted by molar-refractivity contribution is 5.88. The van der Waals surface area contributed by atoms with Gasteiger partial charge in [0.2, 0.25) is 0 Å². The number of carbonyl (C=O) groups is 1. The molecule has 2 aromatic carbocycles. The van der Waals surface area contributed by atoms with Crippen LogP contribution in [0.15, 0.2) is 42.5 Å². The molecule has 0 amide bonds. The van der Waals surface area contributed by atoms with Gasteiger partial charge < -0.3 is 10.0 Å². The summed E-state index contributed by atoms with van der Waals surface area (Å²) in [5.74, 6) is -0.893. The predicted molar refractivity (Wildman–Crippen MR) is 113 cm³/mol. The second kappa shape index (κ2) is 7.22. The lowest BCUT2D eigenvalue weighted by Gasteiger charge is -2.35. The molecule has 0 aromatic heterocycles. The number of hydrogen-bond acceptors (Lipinski definition) is 2. The van der Waals surface area contributed by atoms with Crippen LogP contribution in [0.5, 0.6) is 0 Å². The molecule has 27 heavy (non-hydrogen) atoms. The molecule has 0 atom stereocenters. The average Bonchev–Trinajstić information content (AvgIpc) is 2.63. The Bertz CT molecular complexity index is 891. The van der Waals surface area contributed by atoms with Gasteiger partial charge in [-0.25, -0.2) is 4.79 Å². The molecule has 1 aliphatic carbocycles. The Kier molecular flexibility index (Phi) is 5.14. The molecule has 0 heterocycles. The highest BCUT2D eigenvalue weighted by Crippen LogP contribution is 2.43. The van der Waals surface area contributed by atoms with E-state index in [1.807, 2.05) is 12.1 Å². The quantitative estimate of drug-likeness (QED) is 0.675. The number of benzene rings is 2. The molecule has 0 aliphatic heterocycles. The first-order valence-corrected chi connectivity index (χ1v) is 9.74. The second-order valence-corrected chi connectivity index (χ2v) is 7.95. The van der Waals surface area contributed by atoms with E-state index in [4.69, 9.17) is 5.11 Å². The number of anilines is 2. The highest BCUT2D eigenvalue weighted by Gasteiger charge is 2.29. The Morgan fingerprint density at radius 2 is 1.81 bits per heavy atom. The van der Waals surface area contributed by atoms with E-state index in [-0.39, 0.29) is 5.41 Å². The van der Waals surface area contributed by atoms with Crippen LogP contribution in [0.4, 0.5) is 11.4 Å². The number of aromatic carboxylic acids is 1. The zero-order valence-electron chi connectivity index (χ0n) is 17.0. The Morgan fingerprint density at radius 1 is 1.15 bits per heavy atom. The fourth-order valence-electron chi connectivity index (χ4n) is 4.02. The number of fused-ring (bicyclic) bond motifs is 1. The molecule has 0 fully saturated rings. The molecule has 0 bridgehead atoms. The summed E-state index contributed by atoms with van der Waals surface area (Å²) in [5.41, 5.74) is 8.12. The summed E-state index contributed by atoms with van der Waals surface area (Å²) in [4.78, 5) is 13.4. The van der Waals surface area contributed by atoms with Crippen LogP contribution in [-0.4, -0.2) is 17.6 Å². The van der Waals surface area contributed by atoms with Gasteiger partial charge in [-0.15, -0.1) is 0 Å². The third-order valence-corrected chi connectivity index (χ3v) is 5.68. The van der Waals surface area contributed by atoms with E-state index in [9.17, 15) is 4.79 Å². The maximum Gasteiger partial charge on any atom is 0.335 e. The van der Waals surface area contributed by atoms with Gasteiger partial charge in [0, 0.05) is 17.9 Å². The van der Waals surface area contributed by atoms with Gasteiger partial charge in [0.1, 0.15) is 0 Å². The molecule has 1 N–H and O–H groups in total. The summed E-state index contributed by atoms with van der Waals surface area (Å²) in [5, 5.41) is 9.15. The van der Waals surface area contributed by atoms with E-state index >= 15 is 0 Å². The van der Waals surface area contributed by atoms with Gasteiger partial charge in [-0.1, -0.05) is 26.8 Å². The van der Waals surface area contributed by atoms with Gasteiger partial charge in [-0.2, -0.15) is 0 Å². The normalized spacial score (nSPS) is 15.1. The minimum atomic E-state index is -0.893. The molecule has 0 unspecified atom stereocenters. The zero-order chi connectivity index (χ0) is 19.8. The molecular formula is C24H29NO2. The number of carboxylic acid groups (broad SMARTS) is 1. The van der Waals surface area contributed by atoms with E-state index in [2.05, 4.69) is 57.7 Å². The second-order valence-electron chi connectivity index (χ2n) is 7.95. The largest absolute Gasteiger partial charge is 0.478 e. The number of nitrogens with zero attached hydrogens (tertiary/aromatic N) is 1. The van der Waals surface area contributed by atoms with Crippen LogP contribution in [0, 0.1) is 6.92 Å². The SMILES string of the molecule is CCC1=CCC(C)(C)c2cc(N(CC)c3ccc(C(=O)O)cc3)c(C)cc21. The molecule has 0 saturated carbocycles. The molecule has 0 spiro atoms. The minimum Gasteiger partial charge on any atom is -0.478 e.